The van der Waals surface area contributed by atoms with Crippen molar-refractivity contribution in [2.24, 2.45) is 0 Å². The molecule has 9 nitrogen and oxygen atoms in total. The summed E-state index contributed by atoms with van der Waals surface area (Å²) in [6.07, 6.45) is 0. The number of ether oxygens (including phenoxy) is 1. The molecule has 166 valence electrons. The Morgan fingerprint density at radius 2 is 1.97 bits per heavy atom. The third-order valence-corrected chi connectivity index (χ3v) is 6.82. The van der Waals surface area contributed by atoms with Crippen molar-refractivity contribution < 1.29 is 32.3 Å². The molecule has 2 atom stereocenters. The molecule has 3 rings (SSSR count). The van der Waals surface area contributed by atoms with Crippen molar-refractivity contribution >= 4 is 21.8 Å². The van der Waals surface area contributed by atoms with E-state index in [0.717, 1.165) is 15.4 Å². The highest BCUT2D eigenvalue weighted by atomic mass is 32.2. The Kier molecular flexibility index (Phi) is 6.58. The van der Waals surface area contributed by atoms with Gasteiger partial charge in [0.2, 0.25) is 15.9 Å². The van der Waals surface area contributed by atoms with Crippen LogP contribution in [0, 0.1) is 12.7 Å². The summed E-state index contributed by atoms with van der Waals surface area (Å²) in [5.74, 6) is -1.47. The number of carbonyl (C=O) groups excluding carboxylic acids is 2. The number of aryl methyl sites for hydroxylation is 1. The fourth-order valence-electron chi connectivity index (χ4n) is 3.35. The summed E-state index contributed by atoms with van der Waals surface area (Å²) < 4.78 is 45.8. The van der Waals surface area contributed by atoms with Crippen LogP contribution >= 0.6 is 0 Å². The number of nitrogens with zero attached hydrogens (tertiary/aromatic N) is 1. The van der Waals surface area contributed by atoms with Crippen molar-refractivity contribution in [3.63, 3.8) is 0 Å². The van der Waals surface area contributed by atoms with E-state index in [9.17, 15) is 22.4 Å². The highest BCUT2D eigenvalue weighted by Gasteiger charge is 2.44. The zero-order valence-corrected chi connectivity index (χ0v) is 17.6. The van der Waals surface area contributed by atoms with E-state index < -0.39 is 40.5 Å². The van der Waals surface area contributed by atoms with Gasteiger partial charge in [0, 0.05) is 0 Å². The summed E-state index contributed by atoms with van der Waals surface area (Å²) >= 11 is 0. The Morgan fingerprint density at radius 1 is 1.29 bits per heavy atom. The molecule has 0 aromatic heterocycles. The van der Waals surface area contributed by atoms with E-state index in [0.29, 0.717) is 5.75 Å². The van der Waals surface area contributed by atoms with E-state index in [2.05, 4.69) is 5.32 Å². The molecule has 0 bridgehead atoms. The maximum atomic E-state index is 13.2. The zero-order chi connectivity index (χ0) is 22.8. The average Bonchev–Trinajstić information content (AvgIpc) is 2.72. The smallest absolute Gasteiger partial charge is 0.263 e. The maximum absolute atomic E-state index is 13.2. The molecule has 0 unspecified atom stereocenters. The number of rotatable bonds is 6. The second kappa shape index (κ2) is 9.00. The Balaban J connectivity index is 1.79. The number of halogens is 1. The number of hydrogen-bond donors (Lipinski definition) is 3. The number of amides is 2. The van der Waals surface area contributed by atoms with Crippen molar-refractivity contribution in [2.45, 2.75) is 37.4 Å². The second-order valence-corrected chi connectivity index (χ2v) is 9.05. The van der Waals surface area contributed by atoms with Gasteiger partial charge < -0.3 is 10.1 Å². The number of nitrogens with one attached hydrogen (secondary N) is 2. The molecule has 2 aromatic carbocycles. The Morgan fingerprint density at radius 3 is 2.58 bits per heavy atom. The third kappa shape index (κ3) is 4.84. The summed E-state index contributed by atoms with van der Waals surface area (Å²) in [7, 11) is -4.22. The fraction of sp³-hybridized carbons (Fsp3) is 0.300. The van der Waals surface area contributed by atoms with Gasteiger partial charge in [-0.05, 0) is 61.4 Å². The first-order chi connectivity index (χ1) is 14.6. The molecule has 0 spiro atoms. The van der Waals surface area contributed by atoms with Gasteiger partial charge in [-0.25, -0.2) is 18.3 Å². The highest BCUT2D eigenvalue weighted by molar-refractivity contribution is 7.89. The number of carbonyl (C=O) groups is 2. The van der Waals surface area contributed by atoms with E-state index in [1.165, 1.54) is 48.8 Å². The summed E-state index contributed by atoms with van der Waals surface area (Å²) in [5.41, 5.74) is 2.95. The highest BCUT2D eigenvalue weighted by Crippen LogP contribution is 2.25. The lowest BCUT2D eigenvalue weighted by molar-refractivity contribution is -0.137. The number of sulfonamides is 1. The lowest BCUT2D eigenvalue weighted by Gasteiger charge is -2.37. The van der Waals surface area contributed by atoms with Crippen LogP contribution in [0.5, 0.6) is 5.75 Å². The molecule has 0 radical (unpaired) electrons. The van der Waals surface area contributed by atoms with Crippen LogP contribution < -0.4 is 15.5 Å². The van der Waals surface area contributed by atoms with Crippen LogP contribution in [0.25, 0.3) is 0 Å². The largest absolute Gasteiger partial charge is 0.489 e. The van der Waals surface area contributed by atoms with Crippen LogP contribution in [-0.2, 0) is 26.2 Å². The van der Waals surface area contributed by atoms with E-state index in [-0.39, 0.29) is 17.3 Å². The molecule has 1 aliphatic heterocycles. The Hall–Kier alpha value is -3.02. The minimum Gasteiger partial charge on any atom is -0.489 e. The number of piperazine rings is 1. The van der Waals surface area contributed by atoms with Crippen molar-refractivity contribution in [3.05, 3.63) is 59.4 Å². The molecule has 1 fully saturated rings. The van der Waals surface area contributed by atoms with E-state index in [1.807, 2.05) is 0 Å². The lowest BCUT2D eigenvalue weighted by atomic mass is 10.1. The van der Waals surface area contributed by atoms with E-state index >= 15 is 0 Å². The minimum atomic E-state index is -4.22. The van der Waals surface area contributed by atoms with Crippen LogP contribution in [0.3, 0.4) is 0 Å². The van der Waals surface area contributed by atoms with Crippen LogP contribution in [0.4, 0.5) is 4.39 Å². The summed E-state index contributed by atoms with van der Waals surface area (Å²) in [4.78, 5) is 23.8. The topological polar surface area (TPSA) is 125 Å². The van der Waals surface area contributed by atoms with Crippen LogP contribution in [0.2, 0.25) is 0 Å². The monoisotopic (exact) mass is 451 g/mol. The van der Waals surface area contributed by atoms with Crippen molar-refractivity contribution in [1.82, 2.24) is 15.1 Å². The molecule has 2 amide bonds. The van der Waals surface area contributed by atoms with Crippen molar-refractivity contribution in [3.8, 4) is 5.75 Å². The Bertz CT molecular complexity index is 1090. The molecular weight excluding hydrogens is 429 g/mol. The average molecular weight is 451 g/mol. The van der Waals surface area contributed by atoms with E-state index in [4.69, 9.17) is 9.94 Å². The second-order valence-electron chi connectivity index (χ2n) is 7.16. The molecule has 1 heterocycles. The molecule has 31 heavy (non-hydrogen) atoms. The first-order valence-corrected chi connectivity index (χ1v) is 10.8. The quantitative estimate of drug-likeness (QED) is 0.446. The molecule has 3 N–H and O–H groups in total. The van der Waals surface area contributed by atoms with Crippen molar-refractivity contribution in [1.29, 1.82) is 0 Å². The van der Waals surface area contributed by atoms with Gasteiger partial charge in [-0.2, -0.15) is 4.31 Å². The molecule has 2 aromatic rings. The molecule has 0 aliphatic carbocycles. The normalized spacial score (nSPS) is 19.5. The zero-order valence-electron chi connectivity index (χ0n) is 16.8. The third-order valence-electron chi connectivity index (χ3n) is 4.98. The molecule has 0 saturated carbocycles. The number of hydroxylamine groups is 1. The molecule has 1 saturated heterocycles. The van der Waals surface area contributed by atoms with Gasteiger partial charge in [0.1, 0.15) is 24.2 Å². The first-order valence-electron chi connectivity index (χ1n) is 9.36. The van der Waals surface area contributed by atoms with Crippen LogP contribution in [-0.4, -0.2) is 48.4 Å². The summed E-state index contributed by atoms with van der Waals surface area (Å²) in [5, 5.41) is 11.5. The van der Waals surface area contributed by atoms with Gasteiger partial charge in [-0.3, -0.25) is 14.8 Å². The molecule has 11 heteroatoms. The molecular formula is C20H22FN3O6S. The van der Waals surface area contributed by atoms with Gasteiger partial charge in [0.25, 0.3) is 5.91 Å². The van der Waals surface area contributed by atoms with Gasteiger partial charge >= 0.3 is 0 Å². The SMILES string of the molecule is Cc1cc(F)ccc1COc1ccc(S(=O)(=O)N2CC(=O)N[C@@H](C)[C@@H]2C(=O)NO)cc1. The fourth-order valence-corrected chi connectivity index (χ4v) is 4.97. The number of benzene rings is 2. The van der Waals surface area contributed by atoms with Crippen LogP contribution in [0.1, 0.15) is 18.1 Å². The predicted octanol–water partition coefficient (Wildman–Crippen LogP) is 1.10. The number of hydrogen-bond acceptors (Lipinski definition) is 6. The summed E-state index contributed by atoms with van der Waals surface area (Å²) in [6.45, 7) is 2.83. The van der Waals surface area contributed by atoms with Gasteiger partial charge in [-0.1, -0.05) is 6.07 Å². The minimum absolute atomic E-state index is 0.143. The van der Waals surface area contributed by atoms with Gasteiger partial charge in [0.05, 0.1) is 17.5 Å². The lowest BCUT2D eigenvalue weighted by Crippen LogP contribution is -2.65. The Labute approximate surface area is 178 Å². The predicted molar refractivity (Wildman–Crippen MR) is 107 cm³/mol. The van der Waals surface area contributed by atoms with Gasteiger partial charge in [-0.15, -0.1) is 0 Å². The maximum Gasteiger partial charge on any atom is 0.263 e. The standard InChI is InChI=1S/C20H22FN3O6S/c1-12-9-15(21)4-3-14(12)11-30-16-5-7-17(8-6-16)31(28,29)24-10-18(25)22-13(2)19(24)20(26)23-27/h3-9,13,19,27H,10-11H2,1-2H3,(H,22,25)(H,23,26)/t13-,19+/m0/s1. The summed E-state index contributed by atoms with van der Waals surface area (Å²) in [6, 6.07) is 7.66. The molecule has 1 aliphatic rings. The van der Waals surface area contributed by atoms with Crippen LogP contribution in [0.15, 0.2) is 47.4 Å². The first kappa shape index (κ1) is 22.7. The van der Waals surface area contributed by atoms with E-state index in [1.54, 1.807) is 13.0 Å². The van der Waals surface area contributed by atoms with Crippen molar-refractivity contribution in [2.75, 3.05) is 6.54 Å². The van der Waals surface area contributed by atoms with Gasteiger partial charge in [0.15, 0.2) is 0 Å².